The van der Waals surface area contributed by atoms with Crippen molar-refractivity contribution in [3.05, 3.63) is 322 Å². The molecule has 101 heavy (non-hydrogen) atoms. The Hall–Kier alpha value is -13.0. The molecule has 0 bridgehead atoms. The minimum Gasteiger partial charge on any atom is -0.455 e. The Labute approximate surface area is 586 Å². The lowest BCUT2D eigenvalue weighted by Crippen LogP contribution is -1.95. The summed E-state index contributed by atoms with van der Waals surface area (Å²) in [7, 11) is 0. The van der Waals surface area contributed by atoms with Gasteiger partial charge in [-0.3, -0.25) is 0 Å². The molecule has 0 radical (unpaired) electrons. The number of thiophene rings is 2. The van der Waals surface area contributed by atoms with Gasteiger partial charge in [0.05, 0.1) is 33.6 Å². The van der Waals surface area contributed by atoms with Crippen LogP contribution in [0.25, 0.3) is 208 Å². The van der Waals surface area contributed by atoms with Crippen molar-refractivity contribution < 1.29 is 13.3 Å². The molecule has 0 atom stereocenters. The molecule has 0 aliphatic rings. The van der Waals surface area contributed by atoms with E-state index in [2.05, 4.69) is 255 Å². The van der Waals surface area contributed by atoms with Crippen LogP contribution >= 0.6 is 22.7 Å². The molecule has 0 saturated heterocycles. The van der Waals surface area contributed by atoms with Gasteiger partial charge in [-0.15, -0.1) is 22.7 Å². The fourth-order valence-electron chi connectivity index (χ4n) is 14.5. The van der Waals surface area contributed by atoms with E-state index in [1.807, 2.05) is 89.4 Å². The highest BCUT2D eigenvalue weighted by Gasteiger charge is 2.28. The van der Waals surface area contributed by atoms with Gasteiger partial charge in [-0.1, -0.05) is 255 Å². The molecule has 0 amide bonds. The van der Waals surface area contributed by atoms with Gasteiger partial charge in [-0.2, -0.15) is 0 Å². The number of rotatable bonds is 9. The molecule has 0 aliphatic carbocycles. The number of oxazole rings is 1. The van der Waals surface area contributed by atoms with Gasteiger partial charge in [-0.05, 0) is 77.9 Å². The highest BCUT2D eigenvalue weighted by molar-refractivity contribution is 7.24. The Bertz CT molecular complexity index is 6780. The van der Waals surface area contributed by atoms with Crippen molar-refractivity contribution in [3.8, 4) is 99.7 Å². The highest BCUT2D eigenvalue weighted by atomic mass is 32.1. The maximum Gasteiger partial charge on any atom is 0.227 e. The summed E-state index contributed by atoms with van der Waals surface area (Å²) < 4.78 is 21.8. The molecule has 21 aromatic rings. The predicted molar refractivity (Wildman–Crippen MR) is 418 cm³/mol. The third-order valence-corrected chi connectivity index (χ3v) is 21.8. The van der Waals surface area contributed by atoms with Crippen LogP contribution in [0.1, 0.15) is 0 Å². The third-order valence-electron chi connectivity index (χ3n) is 19.2. The smallest absolute Gasteiger partial charge is 0.227 e. The van der Waals surface area contributed by atoms with E-state index in [1.165, 1.54) is 9.40 Å². The Morgan fingerprint density at radius 1 is 0.228 bits per heavy atom. The van der Waals surface area contributed by atoms with Gasteiger partial charge in [0.2, 0.25) is 5.89 Å². The fraction of sp³-hybridized carbons (Fsp3) is 0. The molecule has 0 fully saturated rings. The first kappa shape index (κ1) is 58.2. The summed E-state index contributed by atoms with van der Waals surface area (Å²) in [4.78, 5) is 27.8. The second kappa shape index (κ2) is 23.9. The highest BCUT2D eigenvalue weighted by Crippen LogP contribution is 2.54. The number of aromatic nitrogens is 5. The molecule has 472 valence electrons. The van der Waals surface area contributed by atoms with Crippen molar-refractivity contribution in [1.29, 1.82) is 0 Å². The summed E-state index contributed by atoms with van der Waals surface area (Å²) >= 11 is 3.62. The average molecular weight is 1330 g/mol. The van der Waals surface area contributed by atoms with E-state index in [0.717, 1.165) is 186 Å². The van der Waals surface area contributed by atoms with Crippen molar-refractivity contribution in [1.82, 2.24) is 24.9 Å². The quantitative estimate of drug-likeness (QED) is 0.141. The Balaban J connectivity index is 0.000000137. The van der Waals surface area contributed by atoms with E-state index in [-0.39, 0.29) is 0 Å². The molecule has 0 N–H and O–H groups in total. The normalized spacial score (nSPS) is 11.8. The number of nitrogens with zero attached hydrogens (tertiary/aromatic N) is 5. The fourth-order valence-corrected chi connectivity index (χ4v) is 17.3. The van der Waals surface area contributed by atoms with Crippen LogP contribution in [0.15, 0.2) is 335 Å². The topological polar surface area (TPSA) is 104 Å². The Morgan fingerprint density at radius 3 is 1.10 bits per heavy atom. The number of hydrogen-bond acceptors (Lipinski definition) is 10. The largest absolute Gasteiger partial charge is 0.455 e. The summed E-state index contributed by atoms with van der Waals surface area (Å²) in [5, 5.41) is 10.0. The SMILES string of the molecule is c1ccc(-c2nc(-c3ccc(-c4c(-c5cccc6c5oc5ccccc56)sc5c4c(-c4ccccc4)nc4ccccc45)cc3)c3ccccc3n2)cc1.c1ccc(-c2nc3ccccc3c3sc(-c4cccc5c4oc4ccccc45)c(-c4ccc(-c5nc6ccccc6o5)cc4)c23)cc1. The summed E-state index contributed by atoms with van der Waals surface area (Å²) in [5.74, 6) is 1.32. The number of benzene rings is 13. The molecule has 21 rings (SSSR count). The average Bonchev–Trinajstić information content (AvgIpc) is 1.58. The summed E-state index contributed by atoms with van der Waals surface area (Å²) in [5.41, 5.74) is 22.6. The van der Waals surface area contributed by atoms with Crippen LogP contribution in [0.4, 0.5) is 0 Å². The zero-order chi connectivity index (χ0) is 66.5. The molecule has 13 aromatic carbocycles. The first-order valence-electron chi connectivity index (χ1n) is 33.6. The van der Waals surface area contributed by atoms with E-state index >= 15 is 0 Å². The van der Waals surface area contributed by atoms with Crippen LogP contribution in [0.5, 0.6) is 0 Å². The summed E-state index contributed by atoms with van der Waals surface area (Å²) in [6.45, 7) is 0. The Kier molecular flexibility index (Phi) is 13.8. The molecule has 10 heteroatoms. The molecule has 8 aromatic heterocycles. The van der Waals surface area contributed by atoms with Gasteiger partial charge < -0.3 is 13.3 Å². The second-order valence-corrected chi connectivity index (χ2v) is 27.2. The van der Waals surface area contributed by atoms with E-state index in [9.17, 15) is 0 Å². The monoisotopic (exact) mass is 1330 g/mol. The number of fused-ring (bicyclic) bond motifs is 14. The second-order valence-electron chi connectivity index (χ2n) is 25.2. The minimum absolute atomic E-state index is 0.609. The van der Waals surface area contributed by atoms with Crippen molar-refractivity contribution in [3.63, 3.8) is 0 Å². The molecule has 0 aliphatic heterocycles. The van der Waals surface area contributed by atoms with Crippen LogP contribution in [-0.4, -0.2) is 24.9 Å². The van der Waals surface area contributed by atoms with E-state index in [0.29, 0.717) is 11.7 Å². The van der Waals surface area contributed by atoms with E-state index < -0.39 is 0 Å². The lowest BCUT2D eigenvalue weighted by atomic mass is 9.93. The number of furan rings is 2. The maximum atomic E-state index is 6.67. The zero-order valence-corrected chi connectivity index (χ0v) is 55.5. The predicted octanol–water partition coefficient (Wildman–Crippen LogP) is 25.8. The maximum absolute atomic E-state index is 6.67. The molecule has 0 unspecified atom stereocenters. The molecule has 8 heterocycles. The summed E-state index contributed by atoms with van der Waals surface area (Å²) in [6, 6.07) is 111. The molecule has 0 spiro atoms. The standard InChI is InChI=1S/C49H29N3OS.C42H24N2O2S/c1-3-14-31(15-4-1)45-43-42(30-26-28-32(29-27-30)44-36-19-7-10-23-39(36)51-49(52-44)33-16-5-2-6-17-33)48(54-47(43)37-20-8-11-24-40(37)50-45)38-22-13-21-35-34-18-9-12-25-41(34)53-46(35)38;1-2-11-26(12-3-1)38-37-36(25-21-23-27(24-22-25)42-44-33-18-7-9-20-35(33)46-42)41(47-40(37)30-14-4-6-17-32(30)43-38)31-16-10-15-29-28-13-5-8-19-34(28)45-39(29)31/h1-29H;1-24H. The van der Waals surface area contributed by atoms with Gasteiger partial charge in [-0.25, -0.2) is 24.9 Å². The van der Waals surface area contributed by atoms with Gasteiger partial charge in [0.15, 0.2) is 11.4 Å². The van der Waals surface area contributed by atoms with Crippen molar-refractivity contribution in [2.45, 2.75) is 0 Å². The van der Waals surface area contributed by atoms with Gasteiger partial charge >= 0.3 is 0 Å². The van der Waals surface area contributed by atoms with Crippen molar-refractivity contribution >= 4 is 131 Å². The van der Waals surface area contributed by atoms with E-state index in [1.54, 1.807) is 0 Å². The van der Waals surface area contributed by atoms with Crippen molar-refractivity contribution in [2.24, 2.45) is 0 Å². The molecule has 0 saturated carbocycles. The van der Waals surface area contributed by atoms with Crippen LogP contribution in [-0.2, 0) is 0 Å². The lowest BCUT2D eigenvalue weighted by molar-refractivity contribution is 0.620. The minimum atomic E-state index is 0.609. The first-order chi connectivity index (χ1) is 50.1. The Morgan fingerprint density at radius 2 is 0.604 bits per heavy atom. The molecular weight excluding hydrogens is 1280 g/mol. The zero-order valence-electron chi connectivity index (χ0n) is 53.9. The van der Waals surface area contributed by atoms with Crippen LogP contribution in [0.2, 0.25) is 0 Å². The first-order valence-corrected chi connectivity index (χ1v) is 35.2. The van der Waals surface area contributed by atoms with Gasteiger partial charge in [0, 0.05) is 118 Å². The summed E-state index contributed by atoms with van der Waals surface area (Å²) in [6.07, 6.45) is 0. The molecule has 8 nitrogen and oxygen atoms in total. The van der Waals surface area contributed by atoms with Gasteiger partial charge in [0.25, 0.3) is 0 Å². The van der Waals surface area contributed by atoms with Crippen LogP contribution in [0, 0.1) is 0 Å². The number of para-hydroxylation sites is 9. The number of pyridine rings is 2. The molecular formula is C91H53N5O3S2. The van der Waals surface area contributed by atoms with Gasteiger partial charge in [0.1, 0.15) is 27.8 Å². The number of hydrogen-bond donors (Lipinski definition) is 0. The van der Waals surface area contributed by atoms with Crippen LogP contribution in [0.3, 0.4) is 0 Å². The third kappa shape index (κ3) is 9.82. The van der Waals surface area contributed by atoms with Crippen LogP contribution < -0.4 is 0 Å². The van der Waals surface area contributed by atoms with E-state index in [4.69, 9.17) is 38.2 Å². The van der Waals surface area contributed by atoms with Crippen molar-refractivity contribution in [2.75, 3.05) is 0 Å². The lowest BCUT2D eigenvalue weighted by Gasteiger charge is -2.12.